The van der Waals surface area contributed by atoms with Crippen molar-refractivity contribution in [3.63, 3.8) is 0 Å². The van der Waals surface area contributed by atoms with Gasteiger partial charge in [-0.05, 0) is 24.8 Å². The van der Waals surface area contributed by atoms with Crippen LogP contribution in [0.25, 0.3) is 0 Å². The van der Waals surface area contributed by atoms with Gasteiger partial charge in [-0.15, -0.1) is 6.58 Å². The number of carbonyl (C=O) groups is 2. The largest absolute Gasteiger partial charge is 0.481 e. The molecule has 0 aliphatic heterocycles. The van der Waals surface area contributed by atoms with Gasteiger partial charge in [0.25, 0.3) is 0 Å². The van der Waals surface area contributed by atoms with Crippen LogP contribution in [0.2, 0.25) is 0 Å². The van der Waals surface area contributed by atoms with Gasteiger partial charge in [0.1, 0.15) is 0 Å². The Morgan fingerprint density at radius 2 is 1.91 bits per heavy atom. The van der Waals surface area contributed by atoms with Crippen LogP contribution < -0.4 is 0 Å². The molecule has 1 aliphatic carbocycles. The molecule has 0 bridgehead atoms. The normalized spacial score (nSPS) is 21.1. The van der Waals surface area contributed by atoms with E-state index in [1.54, 1.807) is 11.0 Å². The fourth-order valence-corrected chi connectivity index (χ4v) is 3.09. The maximum atomic E-state index is 12.7. The highest BCUT2D eigenvalue weighted by molar-refractivity contribution is 5.80. The monoisotopic (exact) mass is 301 g/mol. The van der Waals surface area contributed by atoms with E-state index in [1.807, 2.05) is 30.3 Å². The summed E-state index contributed by atoms with van der Waals surface area (Å²) >= 11 is 0. The van der Waals surface area contributed by atoms with E-state index in [0.29, 0.717) is 25.9 Å². The molecule has 1 N–H and O–H groups in total. The molecule has 0 aromatic heterocycles. The molecule has 4 nitrogen and oxygen atoms in total. The maximum Gasteiger partial charge on any atom is 0.306 e. The number of hydrogen-bond acceptors (Lipinski definition) is 2. The molecule has 4 heteroatoms. The smallest absolute Gasteiger partial charge is 0.306 e. The van der Waals surface area contributed by atoms with E-state index in [0.717, 1.165) is 18.4 Å². The predicted molar refractivity (Wildman–Crippen MR) is 85.1 cm³/mol. The Bertz CT molecular complexity index is 526. The zero-order chi connectivity index (χ0) is 15.9. The van der Waals surface area contributed by atoms with Crippen molar-refractivity contribution in [1.29, 1.82) is 0 Å². The Kier molecular flexibility index (Phi) is 5.75. The van der Waals surface area contributed by atoms with E-state index in [9.17, 15) is 14.7 Å². The first kappa shape index (κ1) is 16.3. The zero-order valence-electron chi connectivity index (χ0n) is 12.8. The highest BCUT2D eigenvalue weighted by Crippen LogP contribution is 2.30. The summed E-state index contributed by atoms with van der Waals surface area (Å²) in [5.74, 6) is -1.30. The van der Waals surface area contributed by atoms with Crippen molar-refractivity contribution in [2.24, 2.45) is 11.8 Å². The van der Waals surface area contributed by atoms with Crippen molar-refractivity contribution in [1.82, 2.24) is 4.90 Å². The molecular weight excluding hydrogens is 278 g/mol. The molecule has 0 saturated heterocycles. The minimum atomic E-state index is -0.782. The molecule has 0 radical (unpaired) electrons. The van der Waals surface area contributed by atoms with Crippen LogP contribution in [0.1, 0.15) is 31.2 Å². The lowest BCUT2D eigenvalue weighted by Crippen LogP contribution is -2.38. The predicted octanol–water partition coefficient (Wildman–Crippen LogP) is 3.09. The van der Waals surface area contributed by atoms with Gasteiger partial charge >= 0.3 is 5.97 Å². The Labute approximate surface area is 131 Å². The summed E-state index contributed by atoms with van der Waals surface area (Å²) in [6.07, 6.45) is 4.44. The Morgan fingerprint density at radius 3 is 2.55 bits per heavy atom. The summed E-state index contributed by atoms with van der Waals surface area (Å²) in [6.45, 7) is 4.75. The van der Waals surface area contributed by atoms with E-state index in [2.05, 4.69) is 6.58 Å². The van der Waals surface area contributed by atoms with Gasteiger partial charge in [-0.1, -0.05) is 42.8 Å². The van der Waals surface area contributed by atoms with E-state index < -0.39 is 5.97 Å². The molecule has 0 heterocycles. The van der Waals surface area contributed by atoms with Gasteiger partial charge in [0.15, 0.2) is 0 Å². The second kappa shape index (κ2) is 7.78. The third-order valence-electron chi connectivity index (χ3n) is 4.25. The van der Waals surface area contributed by atoms with E-state index >= 15 is 0 Å². The van der Waals surface area contributed by atoms with Gasteiger partial charge in [-0.25, -0.2) is 0 Å². The number of carboxylic acids is 1. The van der Waals surface area contributed by atoms with Gasteiger partial charge in [0, 0.05) is 19.0 Å². The lowest BCUT2D eigenvalue weighted by molar-refractivity contribution is -0.145. The highest BCUT2D eigenvalue weighted by Gasteiger charge is 2.33. The van der Waals surface area contributed by atoms with Crippen LogP contribution in [-0.4, -0.2) is 28.4 Å². The summed E-state index contributed by atoms with van der Waals surface area (Å²) < 4.78 is 0. The van der Waals surface area contributed by atoms with Crippen LogP contribution in [-0.2, 0) is 16.1 Å². The molecule has 2 atom stereocenters. The molecule has 118 valence electrons. The second-order valence-corrected chi connectivity index (χ2v) is 5.89. The Hall–Kier alpha value is -2.10. The minimum Gasteiger partial charge on any atom is -0.481 e. The topological polar surface area (TPSA) is 57.6 Å². The lowest BCUT2D eigenvalue weighted by atomic mass is 9.80. The number of amides is 1. The average Bonchev–Trinajstić information content (AvgIpc) is 2.55. The number of carbonyl (C=O) groups excluding carboxylic acids is 1. The summed E-state index contributed by atoms with van der Waals surface area (Å²) in [7, 11) is 0. The van der Waals surface area contributed by atoms with Crippen molar-refractivity contribution in [2.45, 2.75) is 32.2 Å². The fraction of sp³-hybridized carbons (Fsp3) is 0.444. The van der Waals surface area contributed by atoms with Gasteiger partial charge < -0.3 is 10.0 Å². The second-order valence-electron chi connectivity index (χ2n) is 5.89. The number of hydrogen-bond donors (Lipinski definition) is 1. The van der Waals surface area contributed by atoms with Crippen LogP contribution in [0, 0.1) is 11.8 Å². The molecule has 1 fully saturated rings. The van der Waals surface area contributed by atoms with Crippen molar-refractivity contribution in [3.05, 3.63) is 48.6 Å². The molecule has 1 aromatic carbocycles. The van der Waals surface area contributed by atoms with Gasteiger partial charge in [-0.3, -0.25) is 9.59 Å². The molecular formula is C18H23NO3. The number of nitrogens with zero attached hydrogens (tertiary/aromatic N) is 1. The maximum absolute atomic E-state index is 12.7. The van der Waals surface area contributed by atoms with Crippen molar-refractivity contribution in [3.8, 4) is 0 Å². The van der Waals surface area contributed by atoms with E-state index in [-0.39, 0.29) is 17.7 Å². The molecule has 2 unspecified atom stereocenters. The lowest BCUT2D eigenvalue weighted by Gasteiger charge is -2.31. The SMILES string of the molecule is C=CCN(Cc1ccccc1)C(=O)C1CCCC(C(=O)O)C1. The van der Waals surface area contributed by atoms with Crippen LogP contribution in [0.4, 0.5) is 0 Å². The third kappa shape index (κ3) is 4.20. The van der Waals surface area contributed by atoms with Crippen LogP contribution in [0.5, 0.6) is 0 Å². The van der Waals surface area contributed by atoms with Crippen LogP contribution >= 0.6 is 0 Å². The zero-order valence-corrected chi connectivity index (χ0v) is 12.8. The van der Waals surface area contributed by atoms with Crippen molar-refractivity contribution < 1.29 is 14.7 Å². The van der Waals surface area contributed by atoms with E-state index in [1.165, 1.54) is 0 Å². The first-order chi connectivity index (χ1) is 10.6. The van der Waals surface area contributed by atoms with Gasteiger partial charge in [0.05, 0.1) is 5.92 Å². The Morgan fingerprint density at radius 1 is 1.23 bits per heavy atom. The molecule has 22 heavy (non-hydrogen) atoms. The van der Waals surface area contributed by atoms with Crippen LogP contribution in [0.3, 0.4) is 0 Å². The third-order valence-corrected chi connectivity index (χ3v) is 4.25. The summed E-state index contributed by atoms with van der Waals surface area (Å²) in [5.41, 5.74) is 1.07. The summed E-state index contributed by atoms with van der Waals surface area (Å²) in [5, 5.41) is 9.17. The number of rotatable bonds is 6. The fourth-order valence-electron chi connectivity index (χ4n) is 3.09. The quantitative estimate of drug-likeness (QED) is 0.821. The van der Waals surface area contributed by atoms with Gasteiger partial charge in [-0.2, -0.15) is 0 Å². The number of carboxylic acid groups (broad SMARTS) is 1. The number of benzene rings is 1. The van der Waals surface area contributed by atoms with Crippen molar-refractivity contribution in [2.75, 3.05) is 6.54 Å². The summed E-state index contributed by atoms with van der Waals surface area (Å²) in [4.78, 5) is 25.7. The van der Waals surface area contributed by atoms with Crippen molar-refractivity contribution >= 4 is 11.9 Å². The average molecular weight is 301 g/mol. The minimum absolute atomic E-state index is 0.0507. The summed E-state index contributed by atoms with van der Waals surface area (Å²) in [6, 6.07) is 9.83. The molecule has 2 rings (SSSR count). The Balaban J connectivity index is 2.05. The molecule has 0 spiro atoms. The molecule has 1 aliphatic rings. The van der Waals surface area contributed by atoms with E-state index in [4.69, 9.17) is 0 Å². The van der Waals surface area contributed by atoms with Crippen LogP contribution in [0.15, 0.2) is 43.0 Å². The first-order valence-electron chi connectivity index (χ1n) is 7.78. The molecule has 1 saturated carbocycles. The first-order valence-corrected chi connectivity index (χ1v) is 7.78. The molecule has 1 aromatic rings. The standard InChI is InChI=1S/C18H23NO3/c1-2-11-19(13-14-7-4-3-5-8-14)17(20)15-9-6-10-16(12-15)18(21)22/h2-5,7-8,15-16H,1,6,9-13H2,(H,21,22). The highest BCUT2D eigenvalue weighted by atomic mass is 16.4. The van der Waals surface area contributed by atoms with Gasteiger partial charge in [0.2, 0.25) is 5.91 Å². The molecule has 1 amide bonds. The number of aliphatic carboxylic acids is 1.